The Morgan fingerprint density at radius 2 is 1.91 bits per heavy atom. The summed E-state index contributed by atoms with van der Waals surface area (Å²) >= 11 is 0. The van der Waals surface area contributed by atoms with Crippen LogP contribution in [0.3, 0.4) is 0 Å². The Morgan fingerprint density at radius 1 is 1.09 bits per heavy atom. The largest absolute Gasteiger partial charge is 0.494 e. The molecular formula is C18H15FN2O2. The average Bonchev–Trinajstić information content (AvgIpc) is 3.07. The molecule has 4 nitrogen and oxygen atoms in total. The van der Waals surface area contributed by atoms with E-state index >= 15 is 0 Å². The number of methoxy groups -OCH3 is 1. The van der Waals surface area contributed by atoms with Gasteiger partial charge in [-0.2, -0.15) is 0 Å². The maximum absolute atomic E-state index is 13.9. The minimum absolute atomic E-state index is 0.0635. The second kappa shape index (κ2) is 4.78. The summed E-state index contributed by atoms with van der Waals surface area (Å²) in [6.07, 6.45) is 3.71. The second-order valence-corrected chi connectivity index (χ2v) is 5.57. The summed E-state index contributed by atoms with van der Waals surface area (Å²) in [4.78, 5) is 0. The van der Waals surface area contributed by atoms with Crippen LogP contribution in [0.5, 0.6) is 11.6 Å². The highest BCUT2D eigenvalue weighted by molar-refractivity contribution is 5.91. The molecule has 2 heterocycles. The van der Waals surface area contributed by atoms with Gasteiger partial charge in [0.1, 0.15) is 0 Å². The molecule has 116 valence electrons. The molecule has 0 aliphatic rings. The predicted molar refractivity (Wildman–Crippen MR) is 87.9 cm³/mol. The van der Waals surface area contributed by atoms with Gasteiger partial charge in [-0.3, -0.25) is 4.57 Å². The van der Waals surface area contributed by atoms with Crippen LogP contribution >= 0.6 is 0 Å². The summed E-state index contributed by atoms with van der Waals surface area (Å²) in [5, 5.41) is 12.8. The van der Waals surface area contributed by atoms with E-state index in [1.807, 2.05) is 42.1 Å². The van der Waals surface area contributed by atoms with E-state index in [2.05, 4.69) is 0 Å². The van der Waals surface area contributed by atoms with Crippen LogP contribution in [-0.4, -0.2) is 21.4 Å². The van der Waals surface area contributed by atoms with Crippen molar-refractivity contribution in [2.24, 2.45) is 7.05 Å². The number of benzene rings is 2. The first kappa shape index (κ1) is 13.7. The Labute approximate surface area is 131 Å². The maximum atomic E-state index is 13.9. The van der Waals surface area contributed by atoms with Crippen molar-refractivity contribution in [2.45, 2.75) is 0 Å². The molecule has 0 spiro atoms. The van der Waals surface area contributed by atoms with Crippen LogP contribution in [0.2, 0.25) is 0 Å². The summed E-state index contributed by atoms with van der Waals surface area (Å²) in [6, 6.07) is 10.8. The Balaban J connectivity index is 1.94. The second-order valence-electron chi connectivity index (χ2n) is 5.57. The number of nitrogens with zero attached hydrogens (tertiary/aromatic N) is 2. The average molecular weight is 310 g/mol. The van der Waals surface area contributed by atoms with Crippen LogP contribution in [0.25, 0.3) is 27.4 Å². The minimum atomic E-state index is -0.448. The quantitative estimate of drug-likeness (QED) is 0.608. The minimum Gasteiger partial charge on any atom is -0.494 e. The molecule has 4 rings (SSSR count). The summed E-state index contributed by atoms with van der Waals surface area (Å²) in [5.41, 5.74) is 1.93. The summed E-state index contributed by atoms with van der Waals surface area (Å²) in [7, 11) is 3.39. The predicted octanol–water partition coefficient (Wildman–Crippen LogP) is 3.98. The van der Waals surface area contributed by atoms with Gasteiger partial charge in [-0.05, 0) is 36.4 Å². The van der Waals surface area contributed by atoms with E-state index in [-0.39, 0.29) is 11.6 Å². The summed E-state index contributed by atoms with van der Waals surface area (Å²) in [6.45, 7) is 0. The molecule has 4 aromatic rings. The van der Waals surface area contributed by atoms with Crippen molar-refractivity contribution in [3.05, 3.63) is 54.6 Å². The molecule has 5 heteroatoms. The lowest BCUT2D eigenvalue weighted by Crippen LogP contribution is -1.91. The summed E-state index contributed by atoms with van der Waals surface area (Å²) < 4.78 is 22.5. The van der Waals surface area contributed by atoms with E-state index in [0.29, 0.717) is 10.8 Å². The Morgan fingerprint density at radius 3 is 2.70 bits per heavy atom. The highest BCUT2D eigenvalue weighted by Gasteiger charge is 2.14. The number of aromatic hydroxyl groups is 1. The zero-order chi connectivity index (χ0) is 16.1. The first-order valence-electron chi connectivity index (χ1n) is 7.21. The zero-order valence-electron chi connectivity index (χ0n) is 12.7. The SMILES string of the molecule is COc1cc2c(O)n(-c3ccc4c(ccn4C)c3)cc2cc1F. The molecule has 23 heavy (non-hydrogen) atoms. The zero-order valence-corrected chi connectivity index (χ0v) is 12.7. The Bertz CT molecular complexity index is 1050. The van der Waals surface area contributed by atoms with E-state index in [4.69, 9.17) is 4.74 Å². The van der Waals surface area contributed by atoms with E-state index in [1.165, 1.54) is 19.2 Å². The van der Waals surface area contributed by atoms with Gasteiger partial charge in [-0.15, -0.1) is 0 Å². The van der Waals surface area contributed by atoms with Gasteiger partial charge >= 0.3 is 0 Å². The van der Waals surface area contributed by atoms with Crippen molar-refractivity contribution in [2.75, 3.05) is 7.11 Å². The fraction of sp³-hybridized carbons (Fsp3) is 0.111. The van der Waals surface area contributed by atoms with Gasteiger partial charge in [0, 0.05) is 46.8 Å². The third-order valence-electron chi connectivity index (χ3n) is 4.21. The third-order valence-corrected chi connectivity index (χ3v) is 4.21. The number of hydrogen-bond donors (Lipinski definition) is 1. The molecule has 0 fully saturated rings. The van der Waals surface area contributed by atoms with Crippen LogP contribution < -0.4 is 4.74 Å². The number of halogens is 1. The van der Waals surface area contributed by atoms with Gasteiger partial charge in [0.05, 0.1) is 7.11 Å². The number of rotatable bonds is 2. The van der Waals surface area contributed by atoms with Crippen LogP contribution in [0.15, 0.2) is 48.8 Å². The molecule has 0 radical (unpaired) electrons. The van der Waals surface area contributed by atoms with Gasteiger partial charge in [-0.25, -0.2) is 4.39 Å². The molecule has 0 unspecified atom stereocenters. The third kappa shape index (κ3) is 1.97. The fourth-order valence-corrected chi connectivity index (χ4v) is 2.97. The lowest BCUT2D eigenvalue weighted by Gasteiger charge is -2.06. The Hall–Kier alpha value is -2.95. The van der Waals surface area contributed by atoms with Gasteiger partial charge in [0.2, 0.25) is 5.88 Å². The first-order chi connectivity index (χ1) is 11.1. The van der Waals surface area contributed by atoms with Crippen molar-refractivity contribution in [3.63, 3.8) is 0 Å². The van der Waals surface area contributed by atoms with Crippen molar-refractivity contribution in [3.8, 4) is 17.3 Å². The van der Waals surface area contributed by atoms with Gasteiger partial charge < -0.3 is 14.4 Å². The molecule has 0 atom stereocenters. The maximum Gasteiger partial charge on any atom is 0.203 e. The summed E-state index contributed by atoms with van der Waals surface area (Å²) in [5.74, 6) is -0.270. The number of fused-ring (bicyclic) bond motifs is 2. The molecule has 0 saturated carbocycles. The highest BCUT2D eigenvalue weighted by Crippen LogP contribution is 2.35. The van der Waals surface area contributed by atoms with Crippen molar-refractivity contribution in [1.29, 1.82) is 0 Å². The Kier molecular flexibility index (Phi) is 2.84. The van der Waals surface area contributed by atoms with E-state index in [9.17, 15) is 9.50 Å². The number of ether oxygens (including phenoxy) is 1. The van der Waals surface area contributed by atoms with Crippen molar-refractivity contribution in [1.82, 2.24) is 9.13 Å². The number of hydrogen-bond acceptors (Lipinski definition) is 2. The molecule has 2 aromatic heterocycles. The molecule has 0 aliphatic carbocycles. The van der Waals surface area contributed by atoms with E-state index in [0.717, 1.165) is 16.6 Å². The van der Waals surface area contributed by atoms with Crippen molar-refractivity contribution >= 4 is 21.7 Å². The standard InChI is InChI=1S/C18H15FN2O2/c1-20-6-5-11-7-13(3-4-16(11)20)21-10-12-8-15(19)17(23-2)9-14(12)18(21)22/h3-10,22H,1-2H3. The van der Waals surface area contributed by atoms with Crippen LogP contribution in [0.4, 0.5) is 4.39 Å². The molecule has 0 saturated heterocycles. The molecule has 0 amide bonds. The molecule has 0 aliphatic heterocycles. The smallest absolute Gasteiger partial charge is 0.203 e. The number of aromatic nitrogens is 2. The van der Waals surface area contributed by atoms with Crippen molar-refractivity contribution < 1.29 is 14.2 Å². The van der Waals surface area contributed by atoms with Gasteiger partial charge in [0.25, 0.3) is 0 Å². The van der Waals surface area contributed by atoms with Gasteiger partial charge in [0.15, 0.2) is 11.6 Å². The molecule has 2 aromatic carbocycles. The van der Waals surface area contributed by atoms with Crippen LogP contribution in [0, 0.1) is 5.82 Å². The monoisotopic (exact) mass is 310 g/mol. The topological polar surface area (TPSA) is 39.3 Å². The fourth-order valence-electron chi connectivity index (χ4n) is 2.97. The van der Waals surface area contributed by atoms with Crippen LogP contribution in [-0.2, 0) is 7.05 Å². The number of aryl methyl sites for hydroxylation is 1. The van der Waals surface area contributed by atoms with E-state index in [1.54, 1.807) is 10.8 Å². The molecular weight excluding hydrogens is 295 g/mol. The van der Waals surface area contributed by atoms with Gasteiger partial charge in [-0.1, -0.05) is 0 Å². The van der Waals surface area contributed by atoms with Crippen LogP contribution in [0.1, 0.15) is 0 Å². The lowest BCUT2D eigenvalue weighted by atomic mass is 10.2. The lowest BCUT2D eigenvalue weighted by molar-refractivity contribution is 0.387. The first-order valence-corrected chi connectivity index (χ1v) is 7.21. The van der Waals surface area contributed by atoms with E-state index < -0.39 is 5.82 Å². The molecule has 1 N–H and O–H groups in total. The normalized spacial score (nSPS) is 11.4. The highest BCUT2D eigenvalue weighted by atomic mass is 19.1. The molecule has 0 bridgehead atoms.